The molecule has 5 rings (SSSR count). The number of carbonyl (C=O) groups is 2. The van der Waals surface area contributed by atoms with Crippen LogP contribution in [-0.4, -0.2) is 35.7 Å². The van der Waals surface area contributed by atoms with Gasteiger partial charge in [-0.3, -0.25) is 9.59 Å². The lowest BCUT2D eigenvalue weighted by atomic mass is 9.48. The van der Waals surface area contributed by atoms with Gasteiger partial charge in [0.2, 0.25) is 0 Å². The molecular weight excluding hydrogens is 330 g/mol. The summed E-state index contributed by atoms with van der Waals surface area (Å²) < 4.78 is 5.50. The maximum absolute atomic E-state index is 12.9. The molecule has 4 bridgehead atoms. The van der Waals surface area contributed by atoms with Crippen LogP contribution in [0.15, 0.2) is 30.3 Å². The summed E-state index contributed by atoms with van der Waals surface area (Å²) in [6, 6.07) is 9.41. The van der Waals surface area contributed by atoms with E-state index in [2.05, 4.69) is 0 Å². The molecule has 4 atom stereocenters. The first kappa shape index (κ1) is 17.5. The number of aliphatic hydroxyl groups is 1. The van der Waals surface area contributed by atoms with Crippen LogP contribution < -0.4 is 4.90 Å². The van der Waals surface area contributed by atoms with Crippen LogP contribution in [0.5, 0.6) is 0 Å². The zero-order chi connectivity index (χ0) is 18.4. The highest BCUT2D eigenvalue weighted by atomic mass is 16.5. The van der Waals surface area contributed by atoms with Gasteiger partial charge < -0.3 is 14.7 Å². The Kier molecular flexibility index (Phi) is 4.30. The minimum absolute atomic E-state index is 0.213. The second-order valence-electron chi connectivity index (χ2n) is 8.52. The van der Waals surface area contributed by atoms with Gasteiger partial charge in [0.1, 0.15) is 0 Å². The maximum Gasteiger partial charge on any atom is 0.312 e. The number of ether oxygens (including phenoxy) is 1. The fourth-order valence-electron chi connectivity index (χ4n) is 5.92. The first-order valence-corrected chi connectivity index (χ1v) is 9.68. The van der Waals surface area contributed by atoms with Crippen LogP contribution in [0.3, 0.4) is 0 Å². The number of hydrogen-bond acceptors (Lipinski definition) is 4. The Labute approximate surface area is 154 Å². The predicted octanol–water partition coefficient (Wildman–Crippen LogP) is 2.91. The van der Waals surface area contributed by atoms with Gasteiger partial charge in [0.25, 0.3) is 5.91 Å². The van der Waals surface area contributed by atoms with Gasteiger partial charge >= 0.3 is 5.97 Å². The van der Waals surface area contributed by atoms with Crippen LogP contribution in [0.4, 0.5) is 5.69 Å². The standard InChI is InChI=1S/C21H27NO4/c1-2-22(17-6-4-3-5-7-17)18(23)13-26-19(24)20-9-15-8-16(10-20)12-21(25,11-15)14-20/h3-7,15-16,25H,2,8-14H2,1H3/t15-,16+,20?,21?. The predicted molar refractivity (Wildman–Crippen MR) is 97.5 cm³/mol. The third-order valence-corrected chi connectivity index (χ3v) is 6.48. The normalized spacial score (nSPS) is 34.5. The van der Waals surface area contributed by atoms with E-state index in [1.807, 2.05) is 37.3 Å². The molecule has 5 heteroatoms. The van der Waals surface area contributed by atoms with Crippen LogP contribution in [0.2, 0.25) is 0 Å². The van der Waals surface area contributed by atoms with Gasteiger partial charge in [-0.2, -0.15) is 0 Å². The summed E-state index contributed by atoms with van der Waals surface area (Å²) >= 11 is 0. The Balaban J connectivity index is 1.42. The van der Waals surface area contributed by atoms with Crippen LogP contribution in [0, 0.1) is 17.3 Å². The molecule has 1 aromatic rings. The third-order valence-electron chi connectivity index (χ3n) is 6.48. The molecule has 2 unspecified atom stereocenters. The molecular formula is C21H27NO4. The largest absolute Gasteiger partial charge is 0.455 e. The summed E-state index contributed by atoms with van der Waals surface area (Å²) in [7, 11) is 0. The van der Waals surface area contributed by atoms with E-state index in [0.717, 1.165) is 37.8 Å². The van der Waals surface area contributed by atoms with E-state index < -0.39 is 11.0 Å². The molecule has 1 amide bonds. The minimum atomic E-state index is -0.702. The first-order chi connectivity index (χ1) is 12.4. The number of nitrogens with zero attached hydrogens (tertiary/aromatic N) is 1. The van der Waals surface area contributed by atoms with Gasteiger partial charge in [0.05, 0.1) is 11.0 Å². The Bertz CT molecular complexity index is 687. The number of hydrogen-bond donors (Lipinski definition) is 1. The number of para-hydroxylation sites is 1. The quantitative estimate of drug-likeness (QED) is 0.823. The molecule has 26 heavy (non-hydrogen) atoms. The molecule has 0 aliphatic heterocycles. The zero-order valence-electron chi connectivity index (χ0n) is 15.3. The van der Waals surface area contributed by atoms with Crippen molar-refractivity contribution in [2.24, 2.45) is 17.3 Å². The molecule has 0 radical (unpaired) electrons. The summed E-state index contributed by atoms with van der Waals surface area (Å²) in [5, 5.41) is 10.8. The van der Waals surface area contributed by atoms with Crippen molar-refractivity contribution in [2.45, 2.75) is 51.0 Å². The van der Waals surface area contributed by atoms with Gasteiger partial charge in [-0.1, -0.05) is 18.2 Å². The van der Waals surface area contributed by atoms with Crippen molar-refractivity contribution < 1.29 is 19.4 Å². The second-order valence-corrected chi connectivity index (χ2v) is 8.52. The molecule has 5 nitrogen and oxygen atoms in total. The van der Waals surface area contributed by atoms with E-state index in [0.29, 0.717) is 24.8 Å². The molecule has 4 aliphatic rings. The van der Waals surface area contributed by atoms with E-state index >= 15 is 0 Å². The number of benzene rings is 1. The van der Waals surface area contributed by atoms with Crippen LogP contribution in [0.1, 0.15) is 45.4 Å². The summed E-state index contributed by atoms with van der Waals surface area (Å²) in [6.45, 7) is 2.19. The van der Waals surface area contributed by atoms with Gasteiger partial charge in [0.15, 0.2) is 6.61 Å². The smallest absolute Gasteiger partial charge is 0.312 e. The Morgan fingerprint density at radius 1 is 1.15 bits per heavy atom. The minimum Gasteiger partial charge on any atom is -0.455 e. The molecule has 0 heterocycles. The Morgan fingerprint density at radius 2 is 1.81 bits per heavy atom. The number of likely N-dealkylation sites (N-methyl/N-ethyl adjacent to an activating group) is 1. The van der Waals surface area contributed by atoms with Gasteiger partial charge in [-0.25, -0.2) is 0 Å². The van der Waals surface area contributed by atoms with Crippen molar-refractivity contribution in [3.8, 4) is 0 Å². The zero-order valence-corrected chi connectivity index (χ0v) is 15.3. The van der Waals surface area contributed by atoms with Crippen molar-refractivity contribution in [1.82, 2.24) is 0 Å². The molecule has 4 fully saturated rings. The second kappa shape index (κ2) is 6.38. The average Bonchev–Trinajstić information content (AvgIpc) is 2.59. The summed E-state index contributed by atoms with van der Waals surface area (Å²) in [5.41, 5.74) is -0.477. The fourth-order valence-corrected chi connectivity index (χ4v) is 5.92. The van der Waals surface area contributed by atoms with E-state index in [4.69, 9.17) is 4.74 Å². The van der Waals surface area contributed by atoms with Crippen molar-refractivity contribution in [3.05, 3.63) is 30.3 Å². The maximum atomic E-state index is 12.9. The lowest BCUT2D eigenvalue weighted by molar-refractivity contribution is -0.196. The molecule has 4 saturated carbocycles. The fraction of sp³-hybridized carbons (Fsp3) is 0.619. The SMILES string of the molecule is CCN(C(=O)COC(=O)C12C[C@@H]3C[C@@H](CC(O)(C3)C1)C2)c1ccccc1. The van der Waals surface area contributed by atoms with Crippen molar-refractivity contribution in [2.75, 3.05) is 18.1 Å². The van der Waals surface area contributed by atoms with Crippen molar-refractivity contribution in [3.63, 3.8) is 0 Å². The van der Waals surface area contributed by atoms with Crippen molar-refractivity contribution >= 4 is 17.6 Å². The highest BCUT2D eigenvalue weighted by molar-refractivity contribution is 5.95. The topological polar surface area (TPSA) is 66.8 Å². The Hall–Kier alpha value is -1.88. The monoisotopic (exact) mass is 357 g/mol. The molecule has 140 valence electrons. The third kappa shape index (κ3) is 3.02. The van der Waals surface area contributed by atoms with Gasteiger partial charge in [-0.15, -0.1) is 0 Å². The molecule has 1 aromatic carbocycles. The highest BCUT2D eigenvalue weighted by Crippen LogP contribution is 2.61. The van der Waals surface area contributed by atoms with E-state index in [1.165, 1.54) is 0 Å². The summed E-state index contributed by atoms with van der Waals surface area (Å²) in [5.74, 6) is 0.333. The lowest BCUT2D eigenvalue weighted by Gasteiger charge is -2.58. The van der Waals surface area contributed by atoms with Crippen LogP contribution in [-0.2, 0) is 14.3 Å². The van der Waals surface area contributed by atoms with Crippen LogP contribution >= 0.6 is 0 Å². The number of esters is 1. The van der Waals surface area contributed by atoms with Gasteiger partial charge in [-0.05, 0) is 69.4 Å². The summed E-state index contributed by atoms with van der Waals surface area (Å²) in [6.07, 6.45) is 4.85. The number of carbonyl (C=O) groups excluding carboxylic acids is 2. The molecule has 0 spiro atoms. The van der Waals surface area contributed by atoms with Gasteiger partial charge in [0, 0.05) is 12.2 Å². The van der Waals surface area contributed by atoms with E-state index in [1.54, 1.807) is 4.90 Å². The van der Waals surface area contributed by atoms with E-state index in [-0.39, 0.29) is 18.5 Å². The Morgan fingerprint density at radius 3 is 2.38 bits per heavy atom. The average molecular weight is 357 g/mol. The summed E-state index contributed by atoms with van der Waals surface area (Å²) in [4.78, 5) is 27.1. The first-order valence-electron chi connectivity index (χ1n) is 9.68. The van der Waals surface area contributed by atoms with E-state index in [9.17, 15) is 14.7 Å². The number of amides is 1. The molecule has 4 aliphatic carbocycles. The molecule has 1 N–H and O–H groups in total. The number of rotatable bonds is 5. The van der Waals surface area contributed by atoms with Crippen LogP contribution in [0.25, 0.3) is 0 Å². The highest BCUT2D eigenvalue weighted by Gasteiger charge is 2.60. The molecule has 0 aromatic heterocycles. The van der Waals surface area contributed by atoms with Crippen molar-refractivity contribution in [1.29, 1.82) is 0 Å². The molecule has 0 saturated heterocycles. The number of anilines is 1. The lowest BCUT2D eigenvalue weighted by Crippen LogP contribution is -2.58.